The summed E-state index contributed by atoms with van der Waals surface area (Å²) in [6, 6.07) is 13.4. The first-order valence-electron chi connectivity index (χ1n) is 6.08. The molecule has 1 aromatic carbocycles. The van der Waals surface area contributed by atoms with E-state index in [4.69, 9.17) is 11.6 Å². The van der Waals surface area contributed by atoms with E-state index < -0.39 is 6.10 Å². The molecule has 0 spiro atoms. The minimum atomic E-state index is -0.605. The Balaban J connectivity index is 2.32. The van der Waals surface area contributed by atoms with Gasteiger partial charge in [0.2, 0.25) is 0 Å². The smallest absolute Gasteiger partial charge is 0.139 e. The highest BCUT2D eigenvalue weighted by atomic mass is 35.5. The van der Waals surface area contributed by atoms with Gasteiger partial charge < -0.3 is 9.51 Å². The largest absolute Gasteiger partial charge is 0.387 e. The average Bonchev–Trinajstić information content (AvgIpc) is 2.78. The van der Waals surface area contributed by atoms with Gasteiger partial charge in [0.15, 0.2) is 0 Å². The molecule has 2 aromatic heterocycles. The van der Waals surface area contributed by atoms with Crippen molar-refractivity contribution < 1.29 is 5.11 Å². The van der Waals surface area contributed by atoms with E-state index in [1.54, 1.807) is 19.1 Å². The molecule has 1 N–H and O–H groups in total. The number of hydrogen-bond donors (Lipinski definition) is 1. The molecular formula is C15H13ClN2O. The standard InChI is InChI=1S/C15H13ClN2O/c1-10(19)15-14(11-5-3-2-4-6-11)17-13-9-12(16)7-8-18(13)15/h2-10,19H,1H3. The Labute approximate surface area is 116 Å². The summed E-state index contributed by atoms with van der Waals surface area (Å²) < 4.78 is 1.87. The maximum Gasteiger partial charge on any atom is 0.139 e. The predicted molar refractivity (Wildman–Crippen MR) is 76.3 cm³/mol. The molecule has 0 saturated carbocycles. The predicted octanol–water partition coefficient (Wildman–Crippen LogP) is 3.71. The Hall–Kier alpha value is -1.84. The van der Waals surface area contributed by atoms with Crippen LogP contribution in [0.3, 0.4) is 0 Å². The molecule has 2 heterocycles. The van der Waals surface area contributed by atoms with Crippen LogP contribution in [-0.4, -0.2) is 14.5 Å². The Bertz CT molecular complexity index is 720. The zero-order valence-electron chi connectivity index (χ0n) is 10.4. The summed E-state index contributed by atoms with van der Waals surface area (Å²) in [5.74, 6) is 0. The van der Waals surface area contributed by atoms with E-state index in [2.05, 4.69) is 4.98 Å². The number of aliphatic hydroxyl groups is 1. The number of aromatic nitrogens is 2. The van der Waals surface area contributed by atoms with Crippen molar-refractivity contribution in [3.05, 3.63) is 59.4 Å². The number of aliphatic hydroxyl groups excluding tert-OH is 1. The van der Waals surface area contributed by atoms with Crippen LogP contribution in [0, 0.1) is 0 Å². The van der Waals surface area contributed by atoms with Gasteiger partial charge in [0, 0.05) is 22.8 Å². The van der Waals surface area contributed by atoms with Gasteiger partial charge in [-0.05, 0) is 13.0 Å². The molecule has 3 nitrogen and oxygen atoms in total. The molecule has 0 aliphatic carbocycles. The Morgan fingerprint density at radius 3 is 2.63 bits per heavy atom. The number of fused-ring (bicyclic) bond motifs is 1. The molecule has 0 aliphatic heterocycles. The minimum absolute atomic E-state index is 0.605. The second kappa shape index (κ2) is 4.68. The van der Waals surface area contributed by atoms with Crippen LogP contribution in [0.1, 0.15) is 18.7 Å². The fourth-order valence-corrected chi connectivity index (χ4v) is 2.40. The second-order valence-corrected chi connectivity index (χ2v) is 4.90. The van der Waals surface area contributed by atoms with Crippen LogP contribution in [0.5, 0.6) is 0 Å². The number of rotatable bonds is 2. The third-order valence-electron chi connectivity index (χ3n) is 3.07. The number of halogens is 1. The molecule has 0 aliphatic rings. The summed E-state index contributed by atoms with van der Waals surface area (Å²) in [4.78, 5) is 4.58. The summed E-state index contributed by atoms with van der Waals surface area (Å²) >= 11 is 5.99. The van der Waals surface area contributed by atoms with Gasteiger partial charge in [0.05, 0.1) is 17.5 Å². The van der Waals surface area contributed by atoms with E-state index >= 15 is 0 Å². The SMILES string of the molecule is CC(O)c1c(-c2ccccc2)nc2cc(Cl)ccn12. The fraction of sp³-hybridized carbons (Fsp3) is 0.133. The highest BCUT2D eigenvalue weighted by Gasteiger charge is 2.17. The van der Waals surface area contributed by atoms with Gasteiger partial charge in [-0.1, -0.05) is 41.9 Å². The van der Waals surface area contributed by atoms with Crippen LogP contribution < -0.4 is 0 Å². The van der Waals surface area contributed by atoms with Gasteiger partial charge >= 0.3 is 0 Å². The molecule has 1 unspecified atom stereocenters. The van der Waals surface area contributed by atoms with Crippen LogP contribution in [-0.2, 0) is 0 Å². The Kier molecular flexibility index (Phi) is 3.01. The van der Waals surface area contributed by atoms with Gasteiger partial charge in [-0.25, -0.2) is 4.98 Å². The van der Waals surface area contributed by atoms with Crippen LogP contribution in [0.15, 0.2) is 48.7 Å². The normalized spacial score (nSPS) is 12.8. The van der Waals surface area contributed by atoms with Crippen LogP contribution in [0.25, 0.3) is 16.9 Å². The van der Waals surface area contributed by atoms with Crippen LogP contribution in [0.4, 0.5) is 0 Å². The average molecular weight is 273 g/mol. The molecule has 96 valence electrons. The van der Waals surface area contributed by atoms with Crippen molar-refractivity contribution in [2.75, 3.05) is 0 Å². The number of hydrogen-bond acceptors (Lipinski definition) is 2. The maximum absolute atomic E-state index is 10.0. The van der Waals surface area contributed by atoms with Gasteiger partial charge in [-0.3, -0.25) is 0 Å². The molecule has 3 aromatic rings. The first kappa shape index (κ1) is 12.2. The highest BCUT2D eigenvalue weighted by molar-refractivity contribution is 6.30. The lowest BCUT2D eigenvalue weighted by molar-refractivity contribution is 0.194. The first-order chi connectivity index (χ1) is 9.16. The molecule has 0 radical (unpaired) electrons. The van der Waals surface area contributed by atoms with E-state index in [1.807, 2.05) is 40.9 Å². The van der Waals surface area contributed by atoms with Gasteiger partial charge in [-0.15, -0.1) is 0 Å². The monoisotopic (exact) mass is 272 g/mol. The molecule has 0 saturated heterocycles. The summed E-state index contributed by atoms with van der Waals surface area (Å²) in [6.45, 7) is 1.74. The summed E-state index contributed by atoms with van der Waals surface area (Å²) in [7, 11) is 0. The van der Waals surface area contributed by atoms with E-state index in [9.17, 15) is 5.11 Å². The van der Waals surface area contributed by atoms with Crippen molar-refractivity contribution >= 4 is 17.2 Å². The molecule has 3 rings (SSSR count). The van der Waals surface area contributed by atoms with E-state index in [-0.39, 0.29) is 0 Å². The molecule has 0 amide bonds. The van der Waals surface area contributed by atoms with Gasteiger partial charge in [0.1, 0.15) is 5.65 Å². The van der Waals surface area contributed by atoms with Crippen LogP contribution >= 0.6 is 11.6 Å². The minimum Gasteiger partial charge on any atom is -0.387 e. The molecule has 1 atom stereocenters. The third-order valence-corrected chi connectivity index (χ3v) is 3.30. The lowest BCUT2D eigenvalue weighted by Crippen LogP contribution is -1.99. The summed E-state index contributed by atoms with van der Waals surface area (Å²) in [5, 5.41) is 10.7. The Morgan fingerprint density at radius 2 is 1.95 bits per heavy atom. The third kappa shape index (κ3) is 2.11. The topological polar surface area (TPSA) is 37.5 Å². The molecule has 0 bridgehead atoms. The second-order valence-electron chi connectivity index (χ2n) is 4.46. The van der Waals surface area contributed by atoms with Gasteiger partial charge in [0.25, 0.3) is 0 Å². The van der Waals surface area contributed by atoms with Gasteiger partial charge in [-0.2, -0.15) is 0 Å². The Morgan fingerprint density at radius 1 is 1.21 bits per heavy atom. The first-order valence-corrected chi connectivity index (χ1v) is 6.45. The lowest BCUT2D eigenvalue weighted by atomic mass is 10.1. The molecule has 19 heavy (non-hydrogen) atoms. The molecule has 4 heteroatoms. The number of pyridine rings is 1. The molecule has 0 fully saturated rings. The van der Waals surface area contributed by atoms with Crippen molar-refractivity contribution in [1.82, 2.24) is 9.38 Å². The number of benzene rings is 1. The quantitative estimate of drug-likeness (QED) is 0.772. The zero-order chi connectivity index (χ0) is 13.4. The molecular weight excluding hydrogens is 260 g/mol. The van der Waals surface area contributed by atoms with E-state index in [0.717, 1.165) is 22.6 Å². The lowest BCUT2D eigenvalue weighted by Gasteiger charge is -2.07. The van der Waals surface area contributed by atoms with Crippen molar-refractivity contribution in [3.63, 3.8) is 0 Å². The van der Waals surface area contributed by atoms with Crippen molar-refractivity contribution in [2.45, 2.75) is 13.0 Å². The van der Waals surface area contributed by atoms with Crippen molar-refractivity contribution in [3.8, 4) is 11.3 Å². The fourth-order valence-electron chi connectivity index (χ4n) is 2.25. The summed E-state index contributed by atoms with van der Waals surface area (Å²) in [5.41, 5.74) is 3.29. The van der Waals surface area contributed by atoms with Crippen molar-refractivity contribution in [2.24, 2.45) is 0 Å². The van der Waals surface area contributed by atoms with Crippen LogP contribution in [0.2, 0.25) is 5.02 Å². The highest BCUT2D eigenvalue weighted by Crippen LogP contribution is 2.29. The van der Waals surface area contributed by atoms with Crippen molar-refractivity contribution in [1.29, 1.82) is 0 Å². The number of nitrogens with zero attached hydrogens (tertiary/aromatic N) is 2. The zero-order valence-corrected chi connectivity index (χ0v) is 11.2. The maximum atomic E-state index is 10.0. The number of imidazole rings is 1. The van der Waals surface area contributed by atoms with E-state index in [1.165, 1.54) is 0 Å². The van der Waals surface area contributed by atoms with E-state index in [0.29, 0.717) is 5.02 Å². The summed E-state index contributed by atoms with van der Waals surface area (Å²) in [6.07, 6.45) is 1.23.